The van der Waals surface area contributed by atoms with Crippen molar-refractivity contribution in [3.8, 4) is 16.9 Å². The van der Waals surface area contributed by atoms with Crippen LogP contribution in [-0.4, -0.2) is 19.2 Å². The van der Waals surface area contributed by atoms with Gasteiger partial charge in [-0.3, -0.25) is 0 Å². The van der Waals surface area contributed by atoms with Crippen molar-refractivity contribution in [1.82, 2.24) is 5.32 Å². The molecule has 3 heteroatoms. The normalized spacial score (nSPS) is 19.9. The number of rotatable bonds is 3. The lowest BCUT2D eigenvalue weighted by Crippen LogP contribution is -2.62. The van der Waals surface area contributed by atoms with Gasteiger partial charge in [-0.05, 0) is 48.2 Å². The Balaban J connectivity index is 1.41. The molecule has 0 aromatic heterocycles. The summed E-state index contributed by atoms with van der Waals surface area (Å²) >= 11 is 0. The van der Waals surface area contributed by atoms with Crippen molar-refractivity contribution < 1.29 is 9.13 Å². The molecular weight excluding hydrogens is 265 g/mol. The Morgan fingerprint density at radius 2 is 1.48 bits per heavy atom. The number of hydrogen-bond acceptors (Lipinski definition) is 2. The second kappa shape index (κ2) is 4.85. The zero-order valence-electron chi connectivity index (χ0n) is 11.8. The average molecular weight is 283 g/mol. The third-order valence-corrected chi connectivity index (χ3v) is 4.66. The summed E-state index contributed by atoms with van der Waals surface area (Å²) in [4.78, 5) is 0. The molecule has 2 aromatic rings. The van der Waals surface area contributed by atoms with Crippen molar-refractivity contribution in [3.63, 3.8) is 0 Å². The van der Waals surface area contributed by atoms with Crippen molar-refractivity contribution in [3.05, 3.63) is 54.3 Å². The molecule has 1 aliphatic carbocycles. The van der Waals surface area contributed by atoms with Gasteiger partial charge in [0, 0.05) is 18.5 Å². The van der Waals surface area contributed by atoms with E-state index in [4.69, 9.17) is 4.74 Å². The van der Waals surface area contributed by atoms with Crippen LogP contribution in [0.5, 0.6) is 5.75 Å². The number of benzene rings is 2. The molecule has 1 heterocycles. The average Bonchev–Trinajstić information content (AvgIpc) is 2.42. The molecule has 1 N–H and O–H groups in total. The lowest BCUT2D eigenvalue weighted by atomic mass is 9.63. The fraction of sp³-hybridized carbons (Fsp3) is 0.333. The first-order valence-electron chi connectivity index (χ1n) is 7.46. The van der Waals surface area contributed by atoms with Gasteiger partial charge in [0.25, 0.3) is 0 Å². The van der Waals surface area contributed by atoms with E-state index < -0.39 is 0 Å². The Morgan fingerprint density at radius 1 is 0.905 bits per heavy atom. The summed E-state index contributed by atoms with van der Waals surface area (Å²) in [6, 6.07) is 14.6. The van der Waals surface area contributed by atoms with E-state index in [-0.39, 0.29) is 5.82 Å². The van der Waals surface area contributed by atoms with E-state index in [1.165, 1.54) is 25.0 Å². The second-order valence-electron chi connectivity index (χ2n) is 6.28. The predicted molar refractivity (Wildman–Crippen MR) is 80.8 cm³/mol. The van der Waals surface area contributed by atoms with E-state index in [1.54, 1.807) is 12.1 Å². The first kappa shape index (κ1) is 12.8. The maximum atomic E-state index is 12.9. The SMILES string of the molecule is Fc1ccc(-c2ccc(OC3CC4(CNC4)C3)cc2)cc1. The number of halogens is 1. The van der Waals surface area contributed by atoms with Crippen molar-refractivity contribution in [1.29, 1.82) is 0 Å². The van der Waals surface area contributed by atoms with Crippen LogP contribution in [0.15, 0.2) is 48.5 Å². The highest BCUT2D eigenvalue weighted by atomic mass is 19.1. The summed E-state index contributed by atoms with van der Waals surface area (Å²) in [5.74, 6) is 0.719. The van der Waals surface area contributed by atoms with Crippen LogP contribution >= 0.6 is 0 Å². The predicted octanol–water partition coefficient (Wildman–Crippen LogP) is 3.62. The Bertz CT molecular complexity index is 623. The van der Waals surface area contributed by atoms with Gasteiger partial charge in [-0.25, -0.2) is 4.39 Å². The molecule has 0 unspecified atom stereocenters. The lowest BCUT2D eigenvalue weighted by Gasteiger charge is -2.53. The van der Waals surface area contributed by atoms with E-state index in [0.29, 0.717) is 11.5 Å². The third-order valence-electron chi connectivity index (χ3n) is 4.66. The van der Waals surface area contributed by atoms with Crippen molar-refractivity contribution >= 4 is 0 Å². The Labute approximate surface area is 123 Å². The largest absolute Gasteiger partial charge is 0.490 e. The Morgan fingerprint density at radius 3 is 2.00 bits per heavy atom. The summed E-state index contributed by atoms with van der Waals surface area (Å²) in [5, 5.41) is 3.34. The lowest BCUT2D eigenvalue weighted by molar-refractivity contribution is -0.0495. The van der Waals surface area contributed by atoms with Crippen LogP contribution in [0, 0.1) is 11.2 Å². The highest BCUT2D eigenvalue weighted by molar-refractivity contribution is 5.64. The molecule has 0 atom stereocenters. The molecule has 0 bridgehead atoms. The molecule has 1 saturated heterocycles. The summed E-state index contributed by atoms with van der Waals surface area (Å²) in [6.07, 6.45) is 2.70. The summed E-state index contributed by atoms with van der Waals surface area (Å²) in [7, 11) is 0. The maximum Gasteiger partial charge on any atom is 0.123 e. The van der Waals surface area contributed by atoms with Gasteiger partial charge in [-0.2, -0.15) is 0 Å². The number of hydrogen-bond donors (Lipinski definition) is 1. The van der Waals surface area contributed by atoms with Crippen LogP contribution in [0.4, 0.5) is 4.39 Å². The zero-order chi connectivity index (χ0) is 14.3. The van der Waals surface area contributed by atoms with E-state index in [9.17, 15) is 4.39 Å². The molecule has 4 rings (SSSR count). The van der Waals surface area contributed by atoms with Crippen LogP contribution in [0.2, 0.25) is 0 Å². The van der Waals surface area contributed by atoms with E-state index in [1.807, 2.05) is 24.3 Å². The molecule has 2 aromatic carbocycles. The van der Waals surface area contributed by atoms with Gasteiger partial charge in [0.15, 0.2) is 0 Å². The van der Waals surface area contributed by atoms with Crippen molar-refractivity contribution in [2.75, 3.05) is 13.1 Å². The van der Waals surface area contributed by atoms with Crippen molar-refractivity contribution in [2.24, 2.45) is 5.41 Å². The highest BCUT2D eigenvalue weighted by Gasteiger charge is 2.49. The minimum atomic E-state index is -0.205. The minimum Gasteiger partial charge on any atom is -0.490 e. The maximum absolute atomic E-state index is 12.9. The molecular formula is C18H18FNO. The number of ether oxygens (including phenoxy) is 1. The molecule has 0 amide bonds. The van der Waals surface area contributed by atoms with E-state index in [2.05, 4.69) is 5.32 Å². The molecule has 2 nitrogen and oxygen atoms in total. The van der Waals surface area contributed by atoms with Gasteiger partial charge in [0.1, 0.15) is 11.6 Å². The van der Waals surface area contributed by atoms with Gasteiger partial charge >= 0.3 is 0 Å². The quantitative estimate of drug-likeness (QED) is 0.929. The van der Waals surface area contributed by atoms with Crippen LogP contribution in [-0.2, 0) is 0 Å². The smallest absolute Gasteiger partial charge is 0.123 e. The van der Waals surface area contributed by atoms with Crippen molar-refractivity contribution in [2.45, 2.75) is 18.9 Å². The van der Waals surface area contributed by atoms with Gasteiger partial charge < -0.3 is 10.1 Å². The molecule has 2 fully saturated rings. The van der Waals surface area contributed by atoms with E-state index >= 15 is 0 Å². The topological polar surface area (TPSA) is 21.3 Å². The van der Waals surface area contributed by atoms with Gasteiger partial charge in [-0.1, -0.05) is 24.3 Å². The summed E-state index contributed by atoms with van der Waals surface area (Å²) in [5.41, 5.74) is 2.64. The van der Waals surface area contributed by atoms with E-state index in [0.717, 1.165) is 30.0 Å². The van der Waals surface area contributed by atoms with Gasteiger partial charge in [0.2, 0.25) is 0 Å². The molecule has 108 valence electrons. The number of nitrogens with one attached hydrogen (secondary N) is 1. The minimum absolute atomic E-state index is 0.205. The third kappa shape index (κ3) is 2.42. The zero-order valence-corrected chi connectivity index (χ0v) is 11.8. The monoisotopic (exact) mass is 283 g/mol. The molecule has 21 heavy (non-hydrogen) atoms. The van der Waals surface area contributed by atoms with Gasteiger partial charge in [0.05, 0.1) is 6.10 Å². The van der Waals surface area contributed by atoms with Crippen LogP contribution in [0.1, 0.15) is 12.8 Å². The Kier molecular flexibility index (Phi) is 2.96. The van der Waals surface area contributed by atoms with Gasteiger partial charge in [-0.15, -0.1) is 0 Å². The standard InChI is InChI=1S/C18H18FNO/c19-15-5-1-13(2-6-15)14-3-7-16(8-4-14)21-17-9-18(10-17)11-20-12-18/h1-8,17,20H,9-12H2. The summed E-state index contributed by atoms with van der Waals surface area (Å²) < 4.78 is 18.9. The molecule has 2 aliphatic rings. The summed E-state index contributed by atoms with van der Waals surface area (Å²) in [6.45, 7) is 2.30. The van der Waals surface area contributed by atoms with Crippen LogP contribution in [0.3, 0.4) is 0 Å². The van der Waals surface area contributed by atoms with Crippen LogP contribution in [0.25, 0.3) is 11.1 Å². The molecule has 1 saturated carbocycles. The molecule has 0 radical (unpaired) electrons. The highest BCUT2D eigenvalue weighted by Crippen LogP contribution is 2.45. The Hall–Kier alpha value is -1.87. The molecule has 1 spiro atoms. The first-order valence-corrected chi connectivity index (χ1v) is 7.46. The fourth-order valence-corrected chi connectivity index (χ4v) is 3.32. The second-order valence-corrected chi connectivity index (χ2v) is 6.28. The fourth-order valence-electron chi connectivity index (χ4n) is 3.32. The van der Waals surface area contributed by atoms with Crippen LogP contribution < -0.4 is 10.1 Å². The molecule has 1 aliphatic heterocycles. The first-order chi connectivity index (χ1) is 10.2.